The molecule has 138 valence electrons. The third-order valence-corrected chi connectivity index (χ3v) is 5.71. The molecule has 3 aromatic rings. The average Bonchev–Trinajstić information content (AvgIpc) is 2.51. The highest BCUT2D eigenvalue weighted by atomic mass is 15.1. The zero-order valence-electron chi connectivity index (χ0n) is 18.2. The maximum Gasteiger partial charge on any atom is 0.286 e. The highest BCUT2D eigenvalue weighted by molar-refractivity contribution is 6.01. The highest BCUT2D eigenvalue weighted by Gasteiger charge is 2.35. The lowest BCUT2D eigenvalue weighted by molar-refractivity contribution is -0.748. The van der Waals surface area contributed by atoms with Gasteiger partial charge in [0, 0.05) is 52.7 Å². The third kappa shape index (κ3) is 2.80. The Morgan fingerprint density at radius 2 is 0.885 bits per heavy atom. The van der Waals surface area contributed by atoms with Crippen LogP contribution in [0.15, 0.2) is 24.5 Å². The van der Waals surface area contributed by atoms with E-state index in [1.165, 1.54) is 44.1 Å². The molecule has 0 saturated heterocycles. The maximum absolute atomic E-state index is 2.48. The minimum atomic E-state index is 0.0134. The van der Waals surface area contributed by atoms with Gasteiger partial charge in [0.15, 0.2) is 23.5 Å². The molecule has 0 N–H and O–H groups in total. The smallest absolute Gasteiger partial charge is 0.188 e. The Labute approximate surface area is 158 Å². The number of hydrogen-bond acceptors (Lipinski definition) is 0. The standard InChI is InChI=1S/C24H34N2/c1-15-13-25(23(5,6)7)21-19(17(15)3)11-12-20-18(4)16(2)14-26(22(20)21)24(8,9)10/h11-14H,1-10H3/q+2. The van der Waals surface area contributed by atoms with Crippen LogP contribution in [0.4, 0.5) is 0 Å². The Hall–Kier alpha value is -1.96. The maximum atomic E-state index is 2.48. The van der Waals surface area contributed by atoms with E-state index in [0.29, 0.717) is 0 Å². The number of nitrogens with zero attached hydrogens (tertiary/aromatic N) is 2. The lowest BCUT2D eigenvalue weighted by Crippen LogP contribution is -2.55. The van der Waals surface area contributed by atoms with Gasteiger partial charge in [-0.25, -0.2) is 0 Å². The molecule has 2 aromatic heterocycles. The Morgan fingerprint density at radius 3 is 1.15 bits per heavy atom. The van der Waals surface area contributed by atoms with Gasteiger partial charge < -0.3 is 0 Å². The van der Waals surface area contributed by atoms with Crippen molar-refractivity contribution in [3.63, 3.8) is 0 Å². The average molecular weight is 351 g/mol. The van der Waals surface area contributed by atoms with E-state index >= 15 is 0 Å². The summed E-state index contributed by atoms with van der Waals surface area (Å²) in [5.74, 6) is 0. The summed E-state index contributed by atoms with van der Waals surface area (Å²) in [5, 5.41) is 2.71. The van der Waals surface area contributed by atoms with Gasteiger partial charge in [-0.2, -0.15) is 9.13 Å². The number of aryl methyl sites for hydroxylation is 4. The molecule has 0 amide bonds. The quantitative estimate of drug-likeness (QED) is 0.383. The van der Waals surface area contributed by atoms with Crippen LogP contribution in [0.25, 0.3) is 21.8 Å². The monoisotopic (exact) mass is 350 g/mol. The van der Waals surface area contributed by atoms with Crippen LogP contribution in [-0.2, 0) is 11.1 Å². The number of rotatable bonds is 0. The SMILES string of the molecule is Cc1c[n+](C(C)(C)C)c2c(ccc3c(C)c(C)c[n+](C(C)(C)C)c32)c1C. The van der Waals surface area contributed by atoms with E-state index in [9.17, 15) is 0 Å². The van der Waals surface area contributed by atoms with Gasteiger partial charge in [-0.3, -0.25) is 0 Å². The van der Waals surface area contributed by atoms with Crippen molar-refractivity contribution in [2.75, 3.05) is 0 Å². The number of fused-ring (bicyclic) bond motifs is 3. The van der Waals surface area contributed by atoms with Crippen LogP contribution in [0.5, 0.6) is 0 Å². The molecule has 0 saturated carbocycles. The molecule has 3 rings (SSSR count). The summed E-state index contributed by atoms with van der Waals surface area (Å²) in [6.45, 7) is 22.7. The highest BCUT2D eigenvalue weighted by Crippen LogP contribution is 2.30. The normalized spacial score (nSPS) is 13.0. The van der Waals surface area contributed by atoms with Crippen LogP contribution in [0.1, 0.15) is 63.8 Å². The van der Waals surface area contributed by atoms with Crippen LogP contribution >= 0.6 is 0 Å². The van der Waals surface area contributed by atoms with Crippen molar-refractivity contribution in [1.29, 1.82) is 0 Å². The van der Waals surface area contributed by atoms with Crippen LogP contribution < -0.4 is 9.13 Å². The second-order valence-corrected chi connectivity index (χ2v) is 9.81. The molecule has 26 heavy (non-hydrogen) atoms. The van der Waals surface area contributed by atoms with Crippen molar-refractivity contribution in [2.24, 2.45) is 0 Å². The second kappa shape index (κ2) is 5.77. The van der Waals surface area contributed by atoms with Gasteiger partial charge >= 0.3 is 0 Å². The molecule has 2 heteroatoms. The topological polar surface area (TPSA) is 7.76 Å². The van der Waals surface area contributed by atoms with Gasteiger partial charge in [-0.05, 0) is 51.0 Å². The molecule has 0 aliphatic heterocycles. The molecule has 2 heterocycles. The molecule has 0 bridgehead atoms. The molecule has 0 aliphatic carbocycles. The van der Waals surface area contributed by atoms with E-state index in [4.69, 9.17) is 0 Å². The molecule has 2 nitrogen and oxygen atoms in total. The summed E-state index contributed by atoms with van der Waals surface area (Å²) < 4.78 is 4.95. The van der Waals surface area contributed by atoms with Gasteiger partial charge in [0.1, 0.15) is 0 Å². The van der Waals surface area contributed by atoms with E-state index in [1.54, 1.807) is 0 Å². The first-order chi connectivity index (χ1) is 11.8. The van der Waals surface area contributed by atoms with Gasteiger partial charge in [0.25, 0.3) is 11.0 Å². The minimum Gasteiger partial charge on any atom is -0.188 e. The summed E-state index contributed by atoms with van der Waals surface area (Å²) in [6.07, 6.45) is 4.67. The molecule has 0 atom stereocenters. The minimum absolute atomic E-state index is 0.0134. The van der Waals surface area contributed by atoms with E-state index < -0.39 is 0 Å². The van der Waals surface area contributed by atoms with E-state index in [1.807, 2.05) is 0 Å². The number of hydrogen-bond donors (Lipinski definition) is 0. The first-order valence-corrected chi connectivity index (χ1v) is 9.65. The first-order valence-electron chi connectivity index (χ1n) is 9.65. The Bertz CT molecular complexity index is 944. The first kappa shape index (κ1) is 18.8. The van der Waals surface area contributed by atoms with Crippen LogP contribution in [0, 0.1) is 27.7 Å². The molecule has 0 fully saturated rings. The predicted octanol–water partition coefficient (Wildman–Crippen LogP) is 5.31. The van der Waals surface area contributed by atoms with E-state index in [-0.39, 0.29) is 11.1 Å². The zero-order valence-corrected chi connectivity index (χ0v) is 18.2. The Kier molecular flexibility index (Phi) is 4.18. The lowest BCUT2D eigenvalue weighted by atomic mass is 9.95. The zero-order chi connectivity index (χ0) is 19.6. The van der Waals surface area contributed by atoms with Gasteiger partial charge in [-0.1, -0.05) is 0 Å². The summed E-state index contributed by atoms with van der Waals surface area (Å²) in [6, 6.07) is 4.64. The largest absolute Gasteiger partial charge is 0.286 e. The third-order valence-electron chi connectivity index (χ3n) is 5.71. The predicted molar refractivity (Wildman–Crippen MR) is 111 cm³/mol. The fourth-order valence-corrected chi connectivity index (χ4v) is 3.87. The van der Waals surface area contributed by atoms with Crippen molar-refractivity contribution < 1.29 is 9.13 Å². The molecule has 0 aliphatic rings. The molecule has 0 unspecified atom stereocenters. The van der Waals surface area contributed by atoms with Crippen molar-refractivity contribution in [2.45, 2.75) is 80.3 Å². The summed E-state index contributed by atoms with van der Waals surface area (Å²) >= 11 is 0. The Morgan fingerprint density at radius 1 is 0.577 bits per heavy atom. The summed E-state index contributed by atoms with van der Waals surface area (Å²) in [7, 11) is 0. The molecular weight excluding hydrogens is 316 g/mol. The van der Waals surface area contributed by atoms with Gasteiger partial charge in [-0.15, -0.1) is 0 Å². The summed E-state index contributed by atoms with van der Waals surface area (Å²) in [4.78, 5) is 0. The number of pyridine rings is 2. The van der Waals surface area contributed by atoms with Gasteiger partial charge in [0.2, 0.25) is 0 Å². The molecular formula is C24H34N2+2. The molecule has 0 spiro atoms. The van der Waals surface area contributed by atoms with E-state index in [0.717, 1.165) is 0 Å². The van der Waals surface area contributed by atoms with Crippen molar-refractivity contribution >= 4 is 21.8 Å². The fourth-order valence-electron chi connectivity index (χ4n) is 3.87. The van der Waals surface area contributed by atoms with Crippen molar-refractivity contribution in [3.8, 4) is 0 Å². The van der Waals surface area contributed by atoms with Crippen molar-refractivity contribution in [1.82, 2.24) is 0 Å². The van der Waals surface area contributed by atoms with Crippen LogP contribution in [0.2, 0.25) is 0 Å². The van der Waals surface area contributed by atoms with Gasteiger partial charge in [0.05, 0.1) is 10.8 Å². The van der Waals surface area contributed by atoms with Crippen LogP contribution in [0.3, 0.4) is 0 Å². The molecule has 1 aromatic carbocycles. The van der Waals surface area contributed by atoms with E-state index in [2.05, 4.69) is 103 Å². The van der Waals surface area contributed by atoms with Crippen molar-refractivity contribution in [3.05, 3.63) is 46.8 Å². The van der Waals surface area contributed by atoms with Crippen LogP contribution in [-0.4, -0.2) is 0 Å². The Balaban J connectivity index is 2.74. The summed E-state index contributed by atoms with van der Waals surface area (Å²) in [5.41, 5.74) is 8.16. The lowest BCUT2D eigenvalue weighted by Gasteiger charge is -2.21. The molecule has 0 radical (unpaired) electrons. The fraction of sp³-hybridized carbons (Fsp3) is 0.500. The number of benzene rings is 1. The number of aromatic nitrogens is 2. The second-order valence-electron chi connectivity index (χ2n) is 9.81.